The molecule has 3 heterocycles. The number of aromatic nitrogens is 4. The minimum absolute atomic E-state index is 0.411. The van der Waals surface area contributed by atoms with Crippen molar-refractivity contribution in [2.75, 3.05) is 25.1 Å². The molecule has 2 N–H and O–H groups in total. The van der Waals surface area contributed by atoms with Crippen LogP contribution in [0.5, 0.6) is 0 Å². The predicted octanol–water partition coefficient (Wildman–Crippen LogP) is 2.67. The van der Waals surface area contributed by atoms with Gasteiger partial charge >= 0.3 is 0 Å². The highest BCUT2D eigenvalue weighted by Crippen LogP contribution is 2.25. The van der Waals surface area contributed by atoms with E-state index in [4.69, 9.17) is 4.74 Å². The van der Waals surface area contributed by atoms with Crippen LogP contribution in [-0.2, 0) is 11.2 Å². The van der Waals surface area contributed by atoms with Gasteiger partial charge in [0.05, 0.1) is 18.0 Å². The van der Waals surface area contributed by atoms with Gasteiger partial charge in [-0.05, 0) is 45.6 Å². The molecular weight excluding hydrogens is 290 g/mol. The second-order valence-electron chi connectivity index (χ2n) is 6.23. The van der Waals surface area contributed by atoms with Crippen LogP contribution in [0.2, 0.25) is 0 Å². The summed E-state index contributed by atoms with van der Waals surface area (Å²) < 4.78 is 5.46. The normalized spacial score (nSPS) is 17.6. The maximum atomic E-state index is 5.46. The van der Waals surface area contributed by atoms with Gasteiger partial charge in [0.1, 0.15) is 11.6 Å². The summed E-state index contributed by atoms with van der Waals surface area (Å²) in [5.41, 5.74) is 4.70. The SMILES string of the molecule is Cc1nc(NCCCc2c(C)n[nH]c2C)cc([C@H]2CCOC2)n1. The van der Waals surface area contributed by atoms with E-state index in [1.165, 1.54) is 11.3 Å². The summed E-state index contributed by atoms with van der Waals surface area (Å²) in [6.07, 6.45) is 3.12. The Morgan fingerprint density at radius 1 is 1.30 bits per heavy atom. The number of H-pyrrole nitrogens is 1. The summed E-state index contributed by atoms with van der Waals surface area (Å²) >= 11 is 0. The fourth-order valence-electron chi connectivity index (χ4n) is 3.08. The lowest BCUT2D eigenvalue weighted by atomic mass is 10.0. The van der Waals surface area contributed by atoms with Gasteiger partial charge in [-0.2, -0.15) is 5.10 Å². The van der Waals surface area contributed by atoms with E-state index in [-0.39, 0.29) is 0 Å². The van der Waals surface area contributed by atoms with E-state index in [0.29, 0.717) is 5.92 Å². The standard InChI is InChI=1S/C17H25N5O/c1-11-15(12(2)22-21-11)5-4-7-18-17-9-16(19-13(3)20-17)14-6-8-23-10-14/h9,14H,4-8,10H2,1-3H3,(H,21,22)(H,18,19,20)/t14-/m0/s1. The number of ether oxygens (including phenoxy) is 1. The van der Waals surface area contributed by atoms with Crippen molar-refractivity contribution in [3.8, 4) is 0 Å². The Hall–Kier alpha value is -1.95. The molecule has 1 saturated heterocycles. The maximum absolute atomic E-state index is 5.46. The van der Waals surface area contributed by atoms with Gasteiger partial charge in [0.2, 0.25) is 0 Å². The van der Waals surface area contributed by atoms with Gasteiger partial charge in [0.25, 0.3) is 0 Å². The lowest BCUT2D eigenvalue weighted by Crippen LogP contribution is -2.09. The third-order valence-electron chi connectivity index (χ3n) is 4.40. The van der Waals surface area contributed by atoms with Crippen LogP contribution in [0.4, 0.5) is 5.82 Å². The number of hydrogen-bond donors (Lipinski definition) is 2. The number of nitrogens with one attached hydrogen (secondary N) is 2. The Balaban J connectivity index is 1.55. The minimum Gasteiger partial charge on any atom is -0.381 e. The van der Waals surface area contributed by atoms with E-state index >= 15 is 0 Å². The summed E-state index contributed by atoms with van der Waals surface area (Å²) in [6.45, 7) is 8.57. The first-order valence-corrected chi connectivity index (χ1v) is 8.31. The Labute approximate surface area is 137 Å². The Bertz CT molecular complexity index is 641. The molecule has 0 spiro atoms. The van der Waals surface area contributed by atoms with Crippen LogP contribution in [0.3, 0.4) is 0 Å². The zero-order chi connectivity index (χ0) is 16.2. The second kappa shape index (κ2) is 7.08. The molecule has 1 aliphatic rings. The molecule has 0 saturated carbocycles. The minimum atomic E-state index is 0.411. The van der Waals surface area contributed by atoms with Crippen LogP contribution in [0.1, 0.15) is 47.2 Å². The van der Waals surface area contributed by atoms with Crippen molar-refractivity contribution in [2.24, 2.45) is 0 Å². The van der Waals surface area contributed by atoms with Crippen LogP contribution < -0.4 is 5.32 Å². The topological polar surface area (TPSA) is 75.7 Å². The van der Waals surface area contributed by atoms with Crippen LogP contribution in [-0.4, -0.2) is 39.9 Å². The highest BCUT2D eigenvalue weighted by Gasteiger charge is 2.20. The average molecular weight is 315 g/mol. The van der Waals surface area contributed by atoms with Crippen molar-refractivity contribution in [3.05, 3.63) is 34.5 Å². The zero-order valence-electron chi connectivity index (χ0n) is 14.1. The predicted molar refractivity (Wildman–Crippen MR) is 89.8 cm³/mol. The molecule has 1 fully saturated rings. The van der Waals surface area contributed by atoms with Crippen molar-refractivity contribution in [3.63, 3.8) is 0 Å². The molecule has 0 aromatic carbocycles. The maximum Gasteiger partial charge on any atom is 0.129 e. The van der Waals surface area contributed by atoms with Gasteiger partial charge < -0.3 is 10.1 Å². The van der Waals surface area contributed by atoms with Crippen molar-refractivity contribution < 1.29 is 4.74 Å². The van der Waals surface area contributed by atoms with Gasteiger partial charge in [-0.25, -0.2) is 9.97 Å². The third-order valence-corrected chi connectivity index (χ3v) is 4.40. The van der Waals surface area contributed by atoms with Gasteiger partial charge in [-0.15, -0.1) is 0 Å². The number of aromatic amines is 1. The molecule has 1 aliphatic heterocycles. The number of aryl methyl sites for hydroxylation is 3. The van der Waals surface area contributed by atoms with Crippen molar-refractivity contribution >= 4 is 5.82 Å². The number of hydrogen-bond acceptors (Lipinski definition) is 5. The molecule has 0 unspecified atom stereocenters. The molecule has 2 aromatic rings. The van der Waals surface area contributed by atoms with Crippen LogP contribution in [0.15, 0.2) is 6.07 Å². The molecule has 0 amide bonds. The summed E-state index contributed by atoms with van der Waals surface area (Å²) in [6, 6.07) is 2.07. The highest BCUT2D eigenvalue weighted by molar-refractivity contribution is 5.37. The second-order valence-corrected chi connectivity index (χ2v) is 6.23. The number of nitrogens with zero attached hydrogens (tertiary/aromatic N) is 3. The van der Waals surface area contributed by atoms with Crippen LogP contribution in [0, 0.1) is 20.8 Å². The largest absolute Gasteiger partial charge is 0.381 e. The number of rotatable bonds is 6. The van der Waals surface area contributed by atoms with Crippen molar-refractivity contribution in [2.45, 2.75) is 46.0 Å². The zero-order valence-corrected chi connectivity index (χ0v) is 14.1. The molecule has 0 radical (unpaired) electrons. The van der Waals surface area contributed by atoms with Crippen LogP contribution in [0.25, 0.3) is 0 Å². The molecule has 23 heavy (non-hydrogen) atoms. The molecule has 3 rings (SSSR count). The van der Waals surface area contributed by atoms with Gasteiger partial charge in [-0.1, -0.05) is 0 Å². The van der Waals surface area contributed by atoms with E-state index in [1.54, 1.807) is 0 Å². The molecule has 6 heteroatoms. The fraction of sp³-hybridized carbons (Fsp3) is 0.588. The molecular formula is C17H25N5O. The van der Waals surface area contributed by atoms with Crippen LogP contribution >= 0.6 is 0 Å². The first kappa shape index (κ1) is 15.9. The van der Waals surface area contributed by atoms with Crippen molar-refractivity contribution in [1.82, 2.24) is 20.2 Å². The summed E-state index contributed by atoms with van der Waals surface area (Å²) in [7, 11) is 0. The first-order chi connectivity index (χ1) is 11.1. The number of anilines is 1. The fourth-order valence-corrected chi connectivity index (χ4v) is 3.08. The van der Waals surface area contributed by atoms with E-state index in [1.807, 2.05) is 6.92 Å². The van der Waals surface area contributed by atoms with E-state index in [9.17, 15) is 0 Å². The molecule has 2 aromatic heterocycles. The summed E-state index contributed by atoms with van der Waals surface area (Å²) in [5.74, 6) is 2.15. The summed E-state index contributed by atoms with van der Waals surface area (Å²) in [4.78, 5) is 9.06. The van der Waals surface area contributed by atoms with E-state index in [0.717, 1.165) is 62.1 Å². The summed E-state index contributed by atoms with van der Waals surface area (Å²) in [5, 5.41) is 10.7. The molecule has 124 valence electrons. The molecule has 1 atom stereocenters. The molecule has 0 bridgehead atoms. The third kappa shape index (κ3) is 3.88. The lowest BCUT2D eigenvalue weighted by Gasteiger charge is -2.11. The molecule has 6 nitrogen and oxygen atoms in total. The van der Waals surface area contributed by atoms with Gasteiger partial charge in [0, 0.05) is 30.8 Å². The lowest BCUT2D eigenvalue weighted by molar-refractivity contribution is 0.193. The van der Waals surface area contributed by atoms with E-state index in [2.05, 4.69) is 45.4 Å². The van der Waals surface area contributed by atoms with Gasteiger partial charge in [0.15, 0.2) is 0 Å². The quantitative estimate of drug-likeness (QED) is 0.802. The van der Waals surface area contributed by atoms with E-state index < -0.39 is 0 Å². The smallest absolute Gasteiger partial charge is 0.129 e. The molecule has 0 aliphatic carbocycles. The first-order valence-electron chi connectivity index (χ1n) is 8.31. The Morgan fingerprint density at radius 3 is 2.87 bits per heavy atom. The van der Waals surface area contributed by atoms with Crippen molar-refractivity contribution in [1.29, 1.82) is 0 Å². The monoisotopic (exact) mass is 315 g/mol. The Kier molecular flexibility index (Phi) is 4.91. The average Bonchev–Trinajstić information content (AvgIpc) is 3.15. The highest BCUT2D eigenvalue weighted by atomic mass is 16.5. The van der Waals surface area contributed by atoms with Gasteiger partial charge in [-0.3, -0.25) is 5.10 Å². The Morgan fingerprint density at radius 2 is 2.17 bits per heavy atom.